The molecule has 0 radical (unpaired) electrons. The summed E-state index contributed by atoms with van der Waals surface area (Å²) in [7, 11) is 0. The molecular weight excluding hydrogens is 544 g/mol. The van der Waals surface area contributed by atoms with E-state index >= 15 is 0 Å². The number of carboxylic acid groups (broad SMARTS) is 1. The molecule has 0 heterocycles. The molecule has 7 N–H and O–H groups in total. The van der Waals surface area contributed by atoms with Crippen molar-refractivity contribution in [3.63, 3.8) is 0 Å². The molecular formula is C26H54N4O11. The number of hydrazine groups is 1. The molecule has 0 aliphatic carbocycles. The molecule has 244 valence electrons. The van der Waals surface area contributed by atoms with Gasteiger partial charge in [-0.25, -0.2) is 5.84 Å². The van der Waals surface area contributed by atoms with E-state index in [1.807, 2.05) is 0 Å². The third kappa shape index (κ3) is 40.1. The predicted octanol–water partition coefficient (Wildman–Crippen LogP) is -0.139. The zero-order chi connectivity index (χ0) is 30.7. The van der Waals surface area contributed by atoms with Crippen molar-refractivity contribution in [3.8, 4) is 0 Å². The van der Waals surface area contributed by atoms with Crippen molar-refractivity contribution in [2.24, 2.45) is 17.3 Å². The minimum absolute atomic E-state index is 0.222. The Labute approximate surface area is 244 Å². The number of allylic oxidation sites excluding steroid dienone is 1. The van der Waals surface area contributed by atoms with Crippen molar-refractivity contribution in [1.29, 1.82) is 0 Å². The number of nitrogens with two attached hydrogens (primary N) is 3. The molecule has 0 atom stereocenters. The summed E-state index contributed by atoms with van der Waals surface area (Å²) >= 11 is 0. The highest BCUT2D eigenvalue weighted by Gasteiger charge is 1.98. The van der Waals surface area contributed by atoms with E-state index in [0.29, 0.717) is 112 Å². The average molecular weight is 599 g/mol. The second-order valence-electron chi connectivity index (χ2n) is 8.27. The molecule has 0 aliphatic heterocycles. The Balaban J connectivity index is 0. The van der Waals surface area contributed by atoms with E-state index in [1.165, 1.54) is 0 Å². The maximum absolute atomic E-state index is 10.5. The minimum Gasteiger partial charge on any atom is -0.483 e. The summed E-state index contributed by atoms with van der Waals surface area (Å²) in [6.45, 7) is 10.1. The SMILES string of the molecule is CCCC/C(N)=C/N(N)CCOCCOCCOCCOCCOCCOCCOCCOCCC(N)=O.O=CO. The summed E-state index contributed by atoms with van der Waals surface area (Å²) in [5.74, 6) is 5.49. The van der Waals surface area contributed by atoms with E-state index in [0.717, 1.165) is 25.0 Å². The normalized spacial score (nSPS) is 11.2. The highest BCUT2D eigenvalue weighted by Crippen LogP contribution is 2.01. The summed E-state index contributed by atoms with van der Waals surface area (Å²) in [4.78, 5) is 18.9. The quantitative estimate of drug-likeness (QED) is 0.0354. The van der Waals surface area contributed by atoms with Gasteiger partial charge in [0.15, 0.2) is 0 Å². The first-order valence-electron chi connectivity index (χ1n) is 13.9. The number of nitrogens with zero attached hydrogens (tertiary/aromatic N) is 1. The fraction of sp³-hybridized carbons (Fsp3) is 0.846. The Morgan fingerprint density at radius 1 is 0.634 bits per heavy atom. The maximum atomic E-state index is 10.5. The molecule has 0 saturated carbocycles. The number of carbonyl (C=O) groups is 2. The van der Waals surface area contributed by atoms with Crippen LogP contribution in [0.5, 0.6) is 0 Å². The van der Waals surface area contributed by atoms with Crippen molar-refractivity contribution in [2.45, 2.75) is 32.6 Å². The van der Waals surface area contributed by atoms with Crippen LogP contribution < -0.4 is 17.3 Å². The number of primary amides is 1. The van der Waals surface area contributed by atoms with E-state index in [2.05, 4.69) is 6.92 Å². The molecule has 0 bridgehead atoms. The largest absolute Gasteiger partial charge is 0.483 e. The monoisotopic (exact) mass is 598 g/mol. The molecule has 0 aromatic carbocycles. The van der Waals surface area contributed by atoms with E-state index in [9.17, 15) is 4.79 Å². The lowest BCUT2D eigenvalue weighted by atomic mass is 10.2. The standard InChI is InChI=1S/C25H52N4O9.CH2O2/c1-2-3-4-24(26)23-29(28)6-8-32-10-12-34-14-16-36-18-20-38-22-21-37-19-17-35-15-13-33-11-9-31-7-5-25(27)30;2-1-3/h23H,2-22,26,28H2,1H3,(H2,27,30);1H,(H,2,3)/b24-23-;. The van der Waals surface area contributed by atoms with Crippen LogP contribution in [0.15, 0.2) is 11.9 Å². The Morgan fingerprint density at radius 3 is 1.27 bits per heavy atom. The van der Waals surface area contributed by atoms with Crippen LogP contribution in [0.2, 0.25) is 0 Å². The van der Waals surface area contributed by atoms with Gasteiger partial charge in [-0.2, -0.15) is 0 Å². The maximum Gasteiger partial charge on any atom is 0.290 e. The molecule has 1 amide bonds. The third-order valence-electron chi connectivity index (χ3n) is 4.74. The van der Waals surface area contributed by atoms with Gasteiger partial charge in [0.2, 0.25) is 5.91 Å². The lowest BCUT2D eigenvalue weighted by Crippen LogP contribution is -2.30. The number of amides is 1. The van der Waals surface area contributed by atoms with Gasteiger partial charge >= 0.3 is 0 Å². The van der Waals surface area contributed by atoms with Gasteiger partial charge in [0.25, 0.3) is 6.47 Å². The van der Waals surface area contributed by atoms with Crippen LogP contribution >= 0.6 is 0 Å². The van der Waals surface area contributed by atoms with Crippen molar-refractivity contribution >= 4 is 12.4 Å². The van der Waals surface area contributed by atoms with E-state index in [4.69, 9.17) is 65.1 Å². The molecule has 0 aromatic heterocycles. The van der Waals surface area contributed by atoms with E-state index in [-0.39, 0.29) is 18.8 Å². The van der Waals surface area contributed by atoms with Gasteiger partial charge < -0.3 is 59.5 Å². The zero-order valence-corrected chi connectivity index (χ0v) is 24.7. The lowest BCUT2D eigenvalue weighted by molar-refractivity contribution is -0.123. The first kappa shape index (κ1) is 41.1. The van der Waals surface area contributed by atoms with Gasteiger partial charge in [-0.15, -0.1) is 0 Å². The first-order chi connectivity index (χ1) is 20.0. The van der Waals surface area contributed by atoms with E-state index < -0.39 is 0 Å². The Bertz CT molecular complexity index is 590. The van der Waals surface area contributed by atoms with Crippen molar-refractivity contribution in [2.75, 3.05) is 112 Å². The van der Waals surface area contributed by atoms with Crippen LogP contribution in [0.1, 0.15) is 32.6 Å². The first-order valence-corrected chi connectivity index (χ1v) is 13.9. The van der Waals surface area contributed by atoms with Gasteiger partial charge in [-0.1, -0.05) is 13.3 Å². The summed E-state index contributed by atoms with van der Waals surface area (Å²) in [6, 6.07) is 0. The number of carbonyl (C=O) groups excluding carboxylic acids is 1. The van der Waals surface area contributed by atoms with Gasteiger partial charge in [0.1, 0.15) is 0 Å². The minimum atomic E-state index is -0.373. The third-order valence-corrected chi connectivity index (χ3v) is 4.74. The summed E-state index contributed by atoms with van der Waals surface area (Å²) < 4.78 is 43.2. The highest BCUT2D eigenvalue weighted by atomic mass is 16.6. The van der Waals surface area contributed by atoms with Gasteiger partial charge in [0.05, 0.1) is 112 Å². The zero-order valence-electron chi connectivity index (χ0n) is 24.7. The molecule has 0 aromatic rings. The number of rotatable bonds is 31. The van der Waals surface area contributed by atoms with Crippen LogP contribution in [0.4, 0.5) is 0 Å². The summed E-state index contributed by atoms with van der Waals surface area (Å²) in [5, 5.41) is 8.44. The van der Waals surface area contributed by atoms with Crippen molar-refractivity contribution < 1.29 is 52.6 Å². The highest BCUT2D eigenvalue weighted by molar-refractivity contribution is 5.73. The van der Waals surface area contributed by atoms with Gasteiger partial charge in [0, 0.05) is 18.3 Å². The summed E-state index contributed by atoms with van der Waals surface area (Å²) in [6.07, 6.45) is 5.01. The molecule has 0 fully saturated rings. The van der Waals surface area contributed by atoms with Crippen LogP contribution in [0.3, 0.4) is 0 Å². The second-order valence-corrected chi connectivity index (χ2v) is 8.27. The molecule has 15 heteroatoms. The molecule has 41 heavy (non-hydrogen) atoms. The number of ether oxygens (including phenoxy) is 8. The molecule has 0 aliphatic rings. The predicted molar refractivity (Wildman–Crippen MR) is 152 cm³/mol. The van der Waals surface area contributed by atoms with Crippen molar-refractivity contribution in [3.05, 3.63) is 11.9 Å². The fourth-order valence-corrected chi connectivity index (χ4v) is 2.71. The van der Waals surface area contributed by atoms with Crippen molar-refractivity contribution in [1.82, 2.24) is 5.01 Å². The molecule has 0 spiro atoms. The van der Waals surface area contributed by atoms with E-state index in [1.54, 1.807) is 11.2 Å². The van der Waals surface area contributed by atoms with Gasteiger partial charge in [-0.05, 0) is 12.8 Å². The Kier molecular flexibility index (Phi) is 36.0. The number of unbranched alkanes of at least 4 members (excludes halogenated alkanes) is 1. The smallest absolute Gasteiger partial charge is 0.290 e. The van der Waals surface area contributed by atoms with Crippen LogP contribution in [-0.2, 0) is 47.5 Å². The number of hydrogen-bond donors (Lipinski definition) is 4. The Hall–Kier alpha value is -2.08. The van der Waals surface area contributed by atoms with Crippen LogP contribution in [-0.4, -0.2) is 135 Å². The second kappa shape index (κ2) is 35.9. The Morgan fingerprint density at radius 2 is 0.951 bits per heavy atom. The van der Waals surface area contributed by atoms with Crippen LogP contribution in [0.25, 0.3) is 0 Å². The van der Waals surface area contributed by atoms with Crippen LogP contribution in [0, 0.1) is 0 Å². The fourth-order valence-electron chi connectivity index (χ4n) is 2.71. The summed E-state index contributed by atoms with van der Waals surface area (Å²) in [5.41, 5.74) is 11.7. The molecule has 0 saturated heterocycles. The molecule has 15 nitrogen and oxygen atoms in total. The number of hydrogen-bond acceptors (Lipinski definition) is 13. The lowest BCUT2D eigenvalue weighted by Gasteiger charge is -2.15. The van der Waals surface area contributed by atoms with Gasteiger partial charge in [-0.3, -0.25) is 9.59 Å². The molecule has 0 rings (SSSR count). The topological polar surface area (TPSA) is 210 Å². The average Bonchev–Trinajstić information content (AvgIpc) is 2.94. The molecule has 0 unspecified atom stereocenters.